The number of amides is 1. The number of benzene rings is 1. The second-order valence-corrected chi connectivity index (χ2v) is 7.98. The van der Waals surface area contributed by atoms with Gasteiger partial charge in [0.1, 0.15) is 17.2 Å². The zero-order valence-electron chi connectivity index (χ0n) is 17.6. The van der Waals surface area contributed by atoms with Crippen LogP contribution in [-0.2, 0) is 9.59 Å². The first-order valence-corrected chi connectivity index (χ1v) is 10.1. The average molecular weight is 423 g/mol. The molecule has 0 spiro atoms. The number of pyridine rings is 1. The van der Waals surface area contributed by atoms with Gasteiger partial charge in [0.05, 0.1) is 44.5 Å². The summed E-state index contributed by atoms with van der Waals surface area (Å²) in [7, 11) is 3.90. The van der Waals surface area contributed by atoms with Crippen LogP contribution < -0.4 is 4.90 Å². The van der Waals surface area contributed by atoms with Crippen LogP contribution in [-0.4, -0.2) is 58.3 Å². The quantitative estimate of drug-likeness (QED) is 0.369. The van der Waals surface area contributed by atoms with Gasteiger partial charge >= 0.3 is 0 Å². The summed E-state index contributed by atoms with van der Waals surface area (Å²) < 4.78 is 15.2. The van der Waals surface area contributed by atoms with Crippen molar-refractivity contribution in [3.63, 3.8) is 0 Å². The highest BCUT2D eigenvalue weighted by Gasteiger charge is 2.46. The number of aryl methyl sites for hydroxylation is 1. The average Bonchev–Trinajstić information content (AvgIpc) is 3.20. The van der Waals surface area contributed by atoms with Gasteiger partial charge in [-0.1, -0.05) is 18.2 Å². The molecule has 2 aromatic heterocycles. The maximum Gasteiger partial charge on any atom is 0.295 e. The van der Waals surface area contributed by atoms with Crippen molar-refractivity contribution in [2.75, 3.05) is 27.2 Å². The highest BCUT2D eigenvalue weighted by atomic mass is 19.1. The molecule has 0 unspecified atom stereocenters. The van der Waals surface area contributed by atoms with Crippen molar-refractivity contribution in [3.05, 3.63) is 77.0 Å². The lowest BCUT2D eigenvalue weighted by molar-refractivity contribution is -0.857. The first kappa shape index (κ1) is 20.7. The van der Waals surface area contributed by atoms with Gasteiger partial charge in [-0.2, -0.15) is 0 Å². The number of fused-ring (bicyclic) bond motifs is 1. The number of nitrogens with one attached hydrogen (secondary N) is 1. The predicted molar refractivity (Wildman–Crippen MR) is 113 cm³/mol. The molecule has 3 heterocycles. The lowest BCUT2D eigenvalue weighted by atomic mass is 9.96. The number of aliphatic hydroxyl groups excluding tert-OH is 1. The molecule has 1 fully saturated rings. The zero-order chi connectivity index (χ0) is 22.3. The molecule has 3 aromatic rings. The van der Waals surface area contributed by atoms with E-state index < -0.39 is 23.5 Å². The van der Waals surface area contributed by atoms with Gasteiger partial charge in [-0.25, -0.2) is 9.37 Å². The largest absolute Gasteiger partial charge is 0.505 e. The predicted octanol–water partition coefficient (Wildman–Crippen LogP) is 1.35. The summed E-state index contributed by atoms with van der Waals surface area (Å²) in [5, 5.41) is 11.3. The first-order chi connectivity index (χ1) is 14.8. The van der Waals surface area contributed by atoms with Crippen molar-refractivity contribution in [2.24, 2.45) is 0 Å². The number of hydrogen-bond acceptors (Lipinski definition) is 4. The molecule has 0 bridgehead atoms. The summed E-state index contributed by atoms with van der Waals surface area (Å²) in [6, 6.07) is 10.2. The van der Waals surface area contributed by atoms with Crippen LogP contribution in [0.1, 0.15) is 23.0 Å². The van der Waals surface area contributed by atoms with Crippen LogP contribution >= 0.6 is 0 Å². The van der Waals surface area contributed by atoms with E-state index in [1.54, 1.807) is 29.7 Å². The van der Waals surface area contributed by atoms with E-state index in [2.05, 4.69) is 4.98 Å². The summed E-state index contributed by atoms with van der Waals surface area (Å²) in [6.45, 7) is 2.66. The molecule has 1 atom stereocenters. The fourth-order valence-corrected chi connectivity index (χ4v) is 3.97. The van der Waals surface area contributed by atoms with E-state index in [1.807, 2.05) is 20.2 Å². The third-order valence-corrected chi connectivity index (χ3v) is 5.51. The number of carbonyl (C=O) groups is 2. The van der Waals surface area contributed by atoms with Gasteiger partial charge in [0.15, 0.2) is 5.76 Å². The Morgan fingerprint density at radius 3 is 2.55 bits per heavy atom. The number of halogens is 1. The summed E-state index contributed by atoms with van der Waals surface area (Å²) in [5.74, 6) is -2.14. The van der Waals surface area contributed by atoms with Crippen LogP contribution in [0.3, 0.4) is 0 Å². The minimum absolute atomic E-state index is 0.0147. The molecule has 0 radical (unpaired) electrons. The molecule has 160 valence electrons. The third kappa shape index (κ3) is 3.59. The molecule has 31 heavy (non-hydrogen) atoms. The molecule has 1 saturated heterocycles. The van der Waals surface area contributed by atoms with Crippen molar-refractivity contribution in [2.45, 2.75) is 13.0 Å². The molecule has 1 aliphatic rings. The summed E-state index contributed by atoms with van der Waals surface area (Å²) >= 11 is 0. The monoisotopic (exact) mass is 423 g/mol. The Balaban J connectivity index is 1.92. The Hall–Kier alpha value is -3.52. The van der Waals surface area contributed by atoms with E-state index in [1.165, 1.54) is 29.2 Å². The van der Waals surface area contributed by atoms with Crippen molar-refractivity contribution in [3.8, 4) is 0 Å². The SMILES string of the molecule is Cc1nc2ccccn2c1/C(O)=C1\C(=O)C(=O)N(CC[NH+](C)C)[C@H]1c1ccc(F)cc1. The summed E-state index contributed by atoms with van der Waals surface area (Å²) in [5.41, 5.74) is 2.05. The normalized spacial score (nSPS) is 18.5. The Morgan fingerprint density at radius 1 is 1.16 bits per heavy atom. The molecule has 0 aliphatic carbocycles. The van der Waals surface area contributed by atoms with Crippen molar-refractivity contribution in [1.82, 2.24) is 14.3 Å². The molecule has 1 aromatic carbocycles. The van der Waals surface area contributed by atoms with Crippen LogP contribution in [0.2, 0.25) is 0 Å². The van der Waals surface area contributed by atoms with Gasteiger partial charge in [0.25, 0.3) is 11.7 Å². The van der Waals surface area contributed by atoms with Gasteiger partial charge in [-0.15, -0.1) is 0 Å². The van der Waals surface area contributed by atoms with E-state index in [4.69, 9.17) is 0 Å². The number of carbonyl (C=O) groups excluding carboxylic acids is 2. The standard InChI is InChI=1S/C23H23FN4O3/c1-14-19(27-11-5-4-6-17(27)25-14)21(29)18-20(15-7-9-16(24)10-8-15)28(13-12-26(2)3)23(31)22(18)30/h4-11,20,29H,12-13H2,1-3H3/p+1/b21-18+/t20-/m0/s1. The Morgan fingerprint density at radius 2 is 1.87 bits per heavy atom. The van der Waals surface area contributed by atoms with Crippen LogP contribution in [0.25, 0.3) is 11.4 Å². The number of aliphatic hydroxyl groups is 1. The number of ketones is 1. The molecule has 7 nitrogen and oxygen atoms in total. The number of rotatable bonds is 5. The molecule has 2 N–H and O–H groups in total. The Bertz CT molecular complexity index is 1200. The highest BCUT2D eigenvalue weighted by Crippen LogP contribution is 2.39. The Labute approximate surface area is 179 Å². The van der Waals surface area contributed by atoms with Gasteiger partial charge in [0, 0.05) is 6.20 Å². The van der Waals surface area contributed by atoms with Crippen LogP contribution in [0.4, 0.5) is 4.39 Å². The van der Waals surface area contributed by atoms with Crippen LogP contribution in [0, 0.1) is 12.7 Å². The summed E-state index contributed by atoms with van der Waals surface area (Å²) in [4.78, 5) is 33.0. The maximum absolute atomic E-state index is 13.6. The van der Waals surface area contributed by atoms with Gasteiger partial charge in [0.2, 0.25) is 0 Å². The highest BCUT2D eigenvalue weighted by molar-refractivity contribution is 6.46. The van der Waals surface area contributed by atoms with Crippen molar-refractivity contribution in [1.29, 1.82) is 0 Å². The van der Waals surface area contributed by atoms with E-state index >= 15 is 0 Å². The second-order valence-electron chi connectivity index (χ2n) is 7.98. The van der Waals surface area contributed by atoms with E-state index in [-0.39, 0.29) is 11.3 Å². The number of Topliss-reactive ketones (excluding diaryl/α,β-unsaturated/α-hetero) is 1. The number of nitrogens with zero attached hydrogens (tertiary/aromatic N) is 3. The van der Waals surface area contributed by atoms with E-state index in [0.29, 0.717) is 35.7 Å². The number of quaternary nitrogens is 1. The number of hydrogen-bond donors (Lipinski definition) is 2. The topological polar surface area (TPSA) is 79.3 Å². The minimum Gasteiger partial charge on any atom is -0.505 e. The van der Waals surface area contributed by atoms with Crippen LogP contribution in [0.5, 0.6) is 0 Å². The molecule has 4 rings (SSSR count). The molecule has 0 saturated carbocycles. The smallest absolute Gasteiger partial charge is 0.295 e. The molecular formula is C23H24FN4O3+. The number of likely N-dealkylation sites (N-methyl/N-ethyl adjacent to an activating group) is 1. The molecular weight excluding hydrogens is 399 g/mol. The zero-order valence-corrected chi connectivity index (χ0v) is 17.6. The molecule has 1 amide bonds. The van der Waals surface area contributed by atoms with Crippen molar-refractivity contribution >= 4 is 23.1 Å². The maximum atomic E-state index is 13.6. The summed E-state index contributed by atoms with van der Waals surface area (Å²) in [6.07, 6.45) is 1.74. The van der Waals surface area contributed by atoms with E-state index in [9.17, 15) is 19.1 Å². The lowest BCUT2D eigenvalue weighted by Crippen LogP contribution is -3.06. The van der Waals surface area contributed by atoms with Gasteiger partial charge in [-0.05, 0) is 36.8 Å². The minimum atomic E-state index is -0.811. The van der Waals surface area contributed by atoms with Gasteiger partial charge in [-0.3, -0.25) is 14.0 Å². The number of imidazole rings is 1. The first-order valence-electron chi connectivity index (χ1n) is 10.1. The number of likely N-dealkylation sites (tertiary alicyclic amines) is 1. The van der Waals surface area contributed by atoms with Crippen molar-refractivity contribution < 1.29 is 24.0 Å². The number of aromatic nitrogens is 2. The second kappa shape index (κ2) is 7.96. The third-order valence-electron chi connectivity index (χ3n) is 5.51. The fourth-order valence-electron chi connectivity index (χ4n) is 3.97. The Kier molecular flexibility index (Phi) is 5.32. The van der Waals surface area contributed by atoms with Gasteiger partial charge < -0.3 is 14.9 Å². The molecule has 8 heteroatoms. The van der Waals surface area contributed by atoms with E-state index in [0.717, 1.165) is 4.90 Å². The lowest BCUT2D eigenvalue weighted by Gasteiger charge is -2.25. The molecule has 1 aliphatic heterocycles. The van der Waals surface area contributed by atoms with Crippen LogP contribution in [0.15, 0.2) is 54.2 Å². The fraction of sp³-hybridized carbons (Fsp3) is 0.261.